The van der Waals surface area contributed by atoms with E-state index in [2.05, 4.69) is 16.5 Å². The van der Waals surface area contributed by atoms with Gasteiger partial charge in [-0.05, 0) is 88.2 Å². The fraction of sp³-hybridized carbons (Fsp3) is 0.452. The molecule has 0 bridgehead atoms. The van der Waals surface area contributed by atoms with Crippen molar-refractivity contribution in [1.29, 1.82) is 0 Å². The molecule has 0 spiro atoms. The van der Waals surface area contributed by atoms with Gasteiger partial charge in [0.05, 0.1) is 16.8 Å². The van der Waals surface area contributed by atoms with Crippen LogP contribution in [0.1, 0.15) is 36.5 Å². The molecule has 230 valence electrons. The molecule has 3 heterocycles. The third-order valence-electron chi connectivity index (χ3n) is 8.51. The Bertz CT molecular complexity index is 1580. The number of nitrogens with zero attached hydrogens (tertiary/aromatic N) is 5. The maximum atomic E-state index is 15.5. The van der Waals surface area contributed by atoms with Gasteiger partial charge in [0, 0.05) is 42.7 Å². The number of hydrogen-bond donors (Lipinski definition) is 1. The number of nitrogens with two attached hydrogens (primary N) is 1. The second-order valence-corrected chi connectivity index (χ2v) is 11.5. The molecule has 2 N–H and O–H groups in total. The van der Waals surface area contributed by atoms with Crippen LogP contribution < -0.4 is 15.4 Å². The summed E-state index contributed by atoms with van der Waals surface area (Å²) in [5.41, 5.74) is 4.34. The minimum absolute atomic E-state index is 0.0355. The molecule has 2 aliphatic rings. The summed E-state index contributed by atoms with van der Waals surface area (Å²) in [6.45, 7) is 11.1. The lowest BCUT2D eigenvalue weighted by atomic mass is 9.90. The highest BCUT2D eigenvalue weighted by molar-refractivity contribution is 5.95. The second-order valence-electron chi connectivity index (χ2n) is 11.5. The fourth-order valence-corrected chi connectivity index (χ4v) is 6.20. The largest absolute Gasteiger partial charge is 0.462 e. The molecule has 3 aromatic rings. The van der Waals surface area contributed by atoms with Crippen LogP contribution in [0.4, 0.5) is 29.1 Å². The van der Waals surface area contributed by atoms with E-state index in [1.54, 1.807) is 17.9 Å². The molecule has 12 heteroatoms. The van der Waals surface area contributed by atoms with Gasteiger partial charge in [0.1, 0.15) is 12.4 Å². The summed E-state index contributed by atoms with van der Waals surface area (Å²) in [5.74, 6) is -0.760. The van der Waals surface area contributed by atoms with E-state index in [4.69, 9.17) is 15.5 Å². The molecule has 5 rings (SSSR count). The number of ether oxygens (including phenoxy) is 1. The third-order valence-corrected chi connectivity index (χ3v) is 8.51. The Morgan fingerprint density at radius 1 is 1.16 bits per heavy atom. The maximum Gasteiger partial charge on any atom is 0.417 e. The van der Waals surface area contributed by atoms with Crippen LogP contribution in [-0.2, 0) is 11.0 Å². The number of likely N-dealkylation sites (tertiary alicyclic amines) is 1. The van der Waals surface area contributed by atoms with Crippen molar-refractivity contribution in [2.45, 2.75) is 51.9 Å². The molecule has 0 aliphatic carbocycles. The number of rotatable bonds is 6. The van der Waals surface area contributed by atoms with E-state index in [0.29, 0.717) is 48.5 Å². The molecule has 1 amide bonds. The molecule has 1 aromatic heterocycles. The van der Waals surface area contributed by atoms with E-state index in [9.17, 15) is 18.0 Å². The van der Waals surface area contributed by atoms with Crippen molar-refractivity contribution in [3.8, 4) is 17.1 Å². The molecule has 2 saturated heterocycles. The molecular formula is C31H36F4N6O2. The summed E-state index contributed by atoms with van der Waals surface area (Å²) in [6, 6.07) is 4.26. The first-order valence-electron chi connectivity index (χ1n) is 14.3. The number of fused-ring (bicyclic) bond motifs is 1. The summed E-state index contributed by atoms with van der Waals surface area (Å²) >= 11 is 0. The predicted molar refractivity (Wildman–Crippen MR) is 159 cm³/mol. The van der Waals surface area contributed by atoms with E-state index >= 15 is 4.39 Å². The highest BCUT2D eigenvalue weighted by Gasteiger charge is 2.38. The van der Waals surface area contributed by atoms with E-state index in [0.717, 1.165) is 25.5 Å². The Balaban J connectivity index is 1.66. The minimum atomic E-state index is -4.81. The number of halogens is 4. The van der Waals surface area contributed by atoms with E-state index in [1.807, 2.05) is 18.9 Å². The first-order valence-corrected chi connectivity index (χ1v) is 14.3. The number of alkyl halides is 3. The zero-order valence-electron chi connectivity index (χ0n) is 24.8. The third kappa shape index (κ3) is 5.84. The first kappa shape index (κ1) is 30.5. The Morgan fingerprint density at radius 2 is 1.91 bits per heavy atom. The summed E-state index contributed by atoms with van der Waals surface area (Å²) in [7, 11) is 2.02. The summed E-state index contributed by atoms with van der Waals surface area (Å²) in [6.07, 6.45) is -1.52. The van der Waals surface area contributed by atoms with Gasteiger partial charge in [-0.1, -0.05) is 6.58 Å². The normalized spacial score (nSPS) is 19.7. The number of aromatic nitrogens is 2. The van der Waals surface area contributed by atoms with Crippen molar-refractivity contribution < 1.29 is 27.1 Å². The van der Waals surface area contributed by atoms with Crippen LogP contribution in [0.5, 0.6) is 6.01 Å². The van der Waals surface area contributed by atoms with Gasteiger partial charge < -0.3 is 25.2 Å². The van der Waals surface area contributed by atoms with E-state index in [1.165, 1.54) is 19.1 Å². The summed E-state index contributed by atoms with van der Waals surface area (Å²) < 4.78 is 64.3. The first-order chi connectivity index (χ1) is 20.3. The quantitative estimate of drug-likeness (QED) is 0.232. The monoisotopic (exact) mass is 600 g/mol. The topological polar surface area (TPSA) is 87.8 Å². The van der Waals surface area contributed by atoms with Gasteiger partial charge in [-0.3, -0.25) is 4.79 Å². The molecule has 0 saturated carbocycles. The zero-order valence-corrected chi connectivity index (χ0v) is 24.8. The highest BCUT2D eigenvalue weighted by atomic mass is 19.4. The minimum Gasteiger partial charge on any atom is -0.462 e. The van der Waals surface area contributed by atoms with Gasteiger partial charge in [0.25, 0.3) is 0 Å². The molecule has 2 aliphatic heterocycles. The number of hydrogen-bond acceptors (Lipinski definition) is 7. The standard InChI is InChI=1S/C31H36F4N6O2/c1-6-25(42)40-10-11-41(19(4)15-40)29-22-12-17(2)21(26-27(31(33,34)35)18(3)13-23(36)28(26)32)14-24(22)37-30(38-29)43-16-20-8-7-9-39(20)5/h6,12-14,19-20H,1,7-11,15-16,36H2,2-5H3/t19-,20-/m0/s1. The molecule has 43 heavy (non-hydrogen) atoms. The molecular weight excluding hydrogens is 564 g/mol. The predicted octanol–water partition coefficient (Wildman–Crippen LogP) is 5.35. The zero-order chi connectivity index (χ0) is 31.2. The molecule has 2 aromatic carbocycles. The Hall–Kier alpha value is -3.93. The number of nitrogen functional groups attached to an aromatic ring is 1. The van der Waals surface area contributed by atoms with Gasteiger partial charge in [-0.25, -0.2) is 4.39 Å². The van der Waals surface area contributed by atoms with E-state index < -0.39 is 23.1 Å². The van der Waals surface area contributed by atoms with Gasteiger partial charge >= 0.3 is 12.2 Å². The number of carbonyl (C=O) groups is 1. The Morgan fingerprint density at radius 3 is 2.53 bits per heavy atom. The van der Waals surface area contributed by atoms with Crippen LogP contribution in [0.3, 0.4) is 0 Å². The van der Waals surface area contributed by atoms with Crippen LogP contribution >= 0.6 is 0 Å². The summed E-state index contributed by atoms with van der Waals surface area (Å²) in [5, 5.41) is 0.580. The lowest BCUT2D eigenvalue weighted by Gasteiger charge is -2.40. The van der Waals surface area contributed by atoms with Gasteiger partial charge in [0.15, 0.2) is 5.82 Å². The number of aryl methyl sites for hydroxylation is 2. The molecule has 8 nitrogen and oxygen atoms in total. The SMILES string of the molecule is C=CC(=O)N1CCN(c2nc(OC[C@@H]3CCCN3C)nc3cc(-c4c(F)c(N)cc(C)c4C(F)(F)F)c(C)cc23)[C@@H](C)C1. The van der Waals surface area contributed by atoms with Crippen LogP contribution in [0.2, 0.25) is 0 Å². The molecule has 2 atom stereocenters. The number of likely N-dealkylation sites (N-methyl/N-ethyl adjacent to an activating group) is 1. The number of piperazine rings is 1. The molecule has 0 unspecified atom stereocenters. The highest BCUT2D eigenvalue weighted by Crippen LogP contribution is 2.44. The van der Waals surface area contributed by atoms with Gasteiger partial charge in [0.2, 0.25) is 5.91 Å². The molecule has 0 radical (unpaired) electrons. The van der Waals surface area contributed by atoms with Crippen molar-refractivity contribution in [1.82, 2.24) is 19.8 Å². The van der Waals surface area contributed by atoms with Gasteiger partial charge in [-0.15, -0.1) is 0 Å². The number of benzene rings is 2. The smallest absolute Gasteiger partial charge is 0.417 e. The number of carbonyl (C=O) groups excluding carboxylic acids is 1. The van der Waals surface area contributed by atoms with Crippen molar-refractivity contribution in [3.63, 3.8) is 0 Å². The number of amides is 1. The lowest BCUT2D eigenvalue weighted by Crippen LogP contribution is -2.53. The second kappa shape index (κ2) is 11.6. The van der Waals surface area contributed by atoms with Crippen LogP contribution in [0.15, 0.2) is 30.9 Å². The van der Waals surface area contributed by atoms with Gasteiger partial charge in [-0.2, -0.15) is 23.1 Å². The molecule has 2 fully saturated rings. The fourth-order valence-electron chi connectivity index (χ4n) is 6.20. The van der Waals surface area contributed by atoms with Crippen molar-refractivity contribution in [2.24, 2.45) is 0 Å². The van der Waals surface area contributed by atoms with E-state index in [-0.39, 0.29) is 40.8 Å². The van der Waals surface area contributed by atoms with Crippen molar-refractivity contribution in [2.75, 3.05) is 50.5 Å². The Labute approximate surface area is 248 Å². The van der Waals surface area contributed by atoms with Crippen LogP contribution in [0.25, 0.3) is 22.0 Å². The Kier molecular flexibility index (Phi) is 8.26. The lowest BCUT2D eigenvalue weighted by molar-refractivity contribution is -0.137. The average Bonchev–Trinajstić information content (AvgIpc) is 3.36. The average molecular weight is 601 g/mol. The van der Waals surface area contributed by atoms with Crippen molar-refractivity contribution in [3.05, 3.63) is 53.4 Å². The maximum absolute atomic E-state index is 15.5. The van der Waals surface area contributed by atoms with Crippen molar-refractivity contribution >= 4 is 28.3 Å². The van der Waals surface area contributed by atoms with Crippen LogP contribution in [0, 0.1) is 19.7 Å². The van der Waals surface area contributed by atoms with Crippen LogP contribution in [-0.4, -0.2) is 77.6 Å². The summed E-state index contributed by atoms with van der Waals surface area (Å²) in [4.78, 5) is 27.6. The number of anilines is 2.